The highest BCUT2D eigenvalue weighted by Crippen LogP contribution is 2.28. The van der Waals surface area contributed by atoms with E-state index in [-0.39, 0.29) is 6.61 Å². The lowest BCUT2D eigenvalue weighted by molar-refractivity contribution is 0.0263. The van der Waals surface area contributed by atoms with Gasteiger partial charge in [0.05, 0.1) is 5.71 Å². The van der Waals surface area contributed by atoms with Crippen molar-refractivity contribution in [1.82, 2.24) is 4.90 Å². The Morgan fingerprint density at radius 1 is 1.35 bits per heavy atom. The highest BCUT2D eigenvalue weighted by molar-refractivity contribution is 6.05. The van der Waals surface area contributed by atoms with Crippen LogP contribution in [-0.2, 0) is 4.84 Å². The molecule has 1 aromatic rings. The van der Waals surface area contributed by atoms with Crippen LogP contribution in [0, 0.1) is 5.92 Å². The number of allylic oxidation sites excluding steroid dienone is 1. The van der Waals surface area contributed by atoms with E-state index >= 15 is 0 Å². The van der Waals surface area contributed by atoms with Crippen LogP contribution in [0.2, 0.25) is 0 Å². The van der Waals surface area contributed by atoms with Crippen molar-refractivity contribution < 1.29 is 9.94 Å². The summed E-state index contributed by atoms with van der Waals surface area (Å²) < 4.78 is 0. The summed E-state index contributed by atoms with van der Waals surface area (Å²) in [6.07, 6.45) is 5.03. The third-order valence-corrected chi connectivity index (χ3v) is 4.03. The monoisotopic (exact) mass is 316 g/mol. The maximum atomic E-state index is 9.87. The Balaban J connectivity index is 2.05. The van der Waals surface area contributed by atoms with Gasteiger partial charge in [0, 0.05) is 12.5 Å². The topological polar surface area (TPSA) is 45.1 Å². The summed E-state index contributed by atoms with van der Waals surface area (Å²) in [4.78, 5) is 7.38. The highest BCUT2D eigenvalue weighted by atomic mass is 16.6. The minimum atomic E-state index is -0.519. The van der Waals surface area contributed by atoms with E-state index in [9.17, 15) is 5.11 Å². The Morgan fingerprint density at radius 3 is 2.78 bits per heavy atom. The van der Waals surface area contributed by atoms with Gasteiger partial charge >= 0.3 is 0 Å². The van der Waals surface area contributed by atoms with E-state index in [1.54, 1.807) is 0 Å². The van der Waals surface area contributed by atoms with Gasteiger partial charge < -0.3 is 14.8 Å². The summed E-state index contributed by atoms with van der Waals surface area (Å²) in [6.45, 7) is 3.00. The smallest absolute Gasteiger partial charge is 0.144 e. The average Bonchev–Trinajstić information content (AvgIpc) is 2.50. The van der Waals surface area contributed by atoms with E-state index in [2.05, 4.69) is 30.3 Å². The van der Waals surface area contributed by atoms with Gasteiger partial charge in [0.15, 0.2) is 0 Å². The van der Waals surface area contributed by atoms with Gasteiger partial charge in [0.1, 0.15) is 12.7 Å². The van der Waals surface area contributed by atoms with E-state index in [1.165, 1.54) is 17.6 Å². The molecule has 23 heavy (non-hydrogen) atoms. The summed E-state index contributed by atoms with van der Waals surface area (Å²) in [6, 6.07) is 10.3. The second-order valence-electron chi connectivity index (χ2n) is 6.56. The number of nitrogens with zero attached hydrogens (tertiary/aromatic N) is 2. The van der Waals surface area contributed by atoms with E-state index in [0.717, 1.165) is 18.6 Å². The Bertz CT molecular complexity index is 538. The maximum Gasteiger partial charge on any atom is 0.144 e. The van der Waals surface area contributed by atoms with Crippen LogP contribution in [-0.4, -0.2) is 49.1 Å². The minimum Gasteiger partial charge on any atom is -0.393 e. The highest BCUT2D eigenvalue weighted by Gasteiger charge is 2.21. The van der Waals surface area contributed by atoms with Gasteiger partial charge in [-0.15, -0.1) is 0 Å². The Hall–Kier alpha value is -1.65. The number of aliphatic hydroxyl groups is 1. The second-order valence-corrected chi connectivity index (χ2v) is 6.56. The molecule has 0 bridgehead atoms. The molecule has 0 aromatic heterocycles. The number of aliphatic hydroxyl groups excluding tert-OH is 1. The van der Waals surface area contributed by atoms with Crippen molar-refractivity contribution in [3.8, 4) is 0 Å². The molecule has 0 spiro atoms. The van der Waals surface area contributed by atoms with Crippen LogP contribution in [0.15, 0.2) is 41.1 Å². The predicted molar refractivity (Wildman–Crippen MR) is 95.4 cm³/mol. The number of hydrogen-bond donors (Lipinski definition) is 1. The van der Waals surface area contributed by atoms with E-state index in [1.807, 2.05) is 37.2 Å². The first-order valence-corrected chi connectivity index (χ1v) is 8.35. The SMILES string of the molecule is CC1CCCC(=C\c2ccccc2)/C1=N/OCC(O)CN(C)C. The van der Waals surface area contributed by atoms with Crippen molar-refractivity contribution in [2.75, 3.05) is 27.2 Å². The maximum absolute atomic E-state index is 9.87. The molecule has 1 N–H and O–H groups in total. The lowest BCUT2D eigenvalue weighted by Gasteiger charge is -2.23. The second kappa shape index (κ2) is 8.85. The fourth-order valence-corrected chi connectivity index (χ4v) is 2.89. The van der Waals surface area contributed by atoms with Crippen molar-refractivity contribution in [3.05, 3.63) is 41.5 Å². The lowest BCUT2D eigenvalue weighted by atomic mass is 9.84. The molecule has 1 saturated carbocycles. The molecule has 4 heteroatoms. The molecule has 2 rings (SSSR count). The minimum absolute atomic E-state index is 0.229. The van der Waals surface area contributed by atoms with Crippen LogP contribution in [0.25, 0.3) is 6.08 Å². The lowest BCUT2D eigenvalue weighted by Crippen LogP contribution is -2.29. The number of benzene rings is 1. The Morgan fingerprint density at radius 2 is 2.09 bits per heavy atom. The number of oxime groups is 1. The normalized spacial score (nSPS) is 23.4. The van der Waals surface area contributed by atoms with Gasteiger partial charge in [0.25, 0.3) is 0 Å². The third kappa shape index (κ3) is 5.81. The summed E-state index contributed by atoms with van der Waals surface area (Å²) in [5.41, 5.74) is 3.46. The zero-order valence-corrected chi connectivity index (χ0v) is 14.4. The standard InChI is InChI=1S/C19H28N2O2/c1-15-8-7-11-17(12-16-9-5-4-6-10-16)19(15)20-23-14-18(22)13-21(2)3/h4-6,9-10,12,15,18,22H,7-8,11,13-14H2,1-3H3/b17-12+,20-19+. The summed E-state index contributed by atoms with van der Waals surface area (Å²) in [5.74, 6) is 0.393. The number of rotatable bonds is 6. The van der Waals surface area contributed by atoms with Gasteiger partial charge in [-0.1, -0.05) is 42.4 Å². The predicted octanol–water partition coefficient (Wildman–Crippen LogP) is 3.19. The molecule has 2 atom stereocenters. The zero-order chi connectivity index (χ0) is 16.7. The molecule has 2 unspecified atom stereocenters. The van der Waals surface area contributed by atoms with Crippen molar-refractivity contribution in [3.63, 3.8) is 0 Å². The first kappa shape index (κ1) is 17.7. The molecular formula is C19H28N2O2. The van der Waals surface area contributed by atoms with Crippen LogP contribution in [0.1, 0.15) is 31.7 Å². The molecule has 0 aliphatic heterocycles. The van der Waals surface area contributed by atoms with Gasteiger partial charge in [-0.2, -0.15) is 0 Å². The number of hydrogen-bond acceptors (Lipinski definition) is 4. The molecule has 0 saturated heterocycles. The van der Waals surface area contributed by atoms with Gasteiger partial charge in [-0.3, -0.25) is 0 Å². The first-order valence-electron chi connectivity index (χ1n) is 8.35. The molecule has 1 aliphatic rings. The molecular weight excluding hydrogens is 288 g/mol. The Kier molecular flexibility index (Phi) is 6.81. The van der Waals surface area contributed by atoms with Crippen molar-refractivity contribution in [2.45, 2.75) is 32.3 Å². The Labute approximate surface area is 139 Å². The first-order chi connectivity index (χ1) is 11.1. The van der Waals surface area contributed by atoms with Crippen LogP contribution >= 0.6 is 0 Å². The molecule has 1 aliphatic carbocycles. The molecule has 0 radical (unpaired) electrons. The number of likely N-dealkylation sites (N-methyl/N-ethyl adjacent to an activating group) is 1. The fourth-order valence-electron chi connectivity index (χ4n) is 2.89. The summed E-state index contributed by atoms with van der Waals surface area (Å²) >= 11 is 0. The fraction of sp³-hybridized carbons (Fsp3) is 0.526. The molecule has 126 valence electrons. The van der Waals surface area contributed by atoms with Gasteiger partial charge in [-0.05, 0) is 50.6 Å². The van der Waals surface area contributed by atoms with Crippen molar-refractivity contribution in [1.29, 1.82) is 0 Å². The molecule has 1 aromatic carbocycles. The molecule has 1 fully saturated rings. The van der Waals surface area contributed by atoms with E-state index < -0.39 is 6.10 Å². The zero-order valence-electron chi connectivity index (χ0n) is 14.4. The van der Waals surface area contributed by atoms with Crippen LogP contribution in [0.4, 0.5) is 0 Å². The quantitative estimate of drug-likeness (QED) is 0.820. The molecule has 0 heterocycles. The van der Waals surface area contributed by atoms with Crippen LogP contribution in [0.3, 0.4) is 0 Å². The van der Waals surface area contributed by atoms with Crippen LogP contribution < -0.4 is 0 Å². The van der Waals surface area contributed by atoms with E-state index in [4.69, 9.17) is 4.84 Å². The average molecular weight is 316 g/mol. The summed E-state index contributed by atoms with van der Waals surface area (Å²) in [7, 11) is 3.86. The van der Waals surface area contributed by atoms with E-state index in [0.29, 0.717) is 12.5 Å². The van der Waals surface area contributed by atoms with Crippen molar-refractivity contribution >= 4 is 11.8 Å². The molecule has 0 amide bonds. The van der Waals surface area contributed by atoms with Crippen molar-refractivity contribution in [2.24, 2.45) is 11.1 Å². The van der Waals surface area contributed by atoms with Gasteiger partial charge in [0.2, 0.25) is 0 Å². The third-order valence-electron chi connectivity index (χ3n) is 4.03. The largest absolute Gasteiger partial charge is 0.393 e. The summed E-state index contributed by atoms with van der Waals surface area (Å²) in [5, 5.41) is 14.2. The van der Waals surface area contributed by atoms with Crippen LogP contribution in [0.5, 0.6) is 0 Å². The molecule has 4 nitrogen and oxygen atoms in total. The van der Waals surface area contributed by atoms with Gasteiger partial charge in [-0.25, -0.2) is 0 Å².